The third kappa shape index (κ3) is 3.20. The van der Waals surface area contributed by atoms with Crippen molar-refractivity contribution in [2.24, 2.45) is 0 Å². The minimum atomic E-state index is 0.842. The van der Waals surface area contributed by atoms with Gasteiger partial charge in [-0.3, -0.25) is 0 Å². The standard InChI is InChI=1S/C12H16/c1-5-9-11(7-3)12(8-4)10-6-2/h5-8,10H,1,3-4,9H2,2H3/b10-6+,12-11-. The highest BCUT2D eigenvalue weighted by molar-refractivity contribution is 5.40. The molecule has 12 heavy (non-hydrogen) atoms. The van der Waals surface area contributed by atoms with Gasteiger partial charge in [0.25, 0.3) is 0 Å². The molecule has 0 aromatic heterocycles. The molecule has 0 aliphatic heterocycles. The molecular weight excluding hydrogens is 144 g/mol. The van der Waals surface area contributed by atoms with Crippen LogP contribution in [0.2, 0.25) is 0 Å². The highest BCUT2D eigenvalue weighted by Gasteiger charge is 1.93. The van der Waals surface area contributed by atoms with Crippen LogP contribution in [0.25, 0.3) is 0 Å². The van der Waals surface area contributed by atoms with Gasteiger partial charge >= 0.3 is 0 Å². The first-order valence-corrected chi connectivity index (χ1v) is 4.01. The summed E-state index contributed by atoms with van der Waals surface area (Å²) in [7, 11) is 0. The van der Waals surface area contributed by atoms with E-state index in [1.54, 1.807) is 0 Å². The van der Waals surface area contributed by atoms with Gasteiger partial charge in [-0.05, 0) is 24.5 Å². The Hall–Kier alpha value is -1.30. The first kappa shape index (κ1) is 10.7. The normalized spacial score (nSPS) is 12.4. The third-order valence-corrected chi connectivity index (χ3v) is 1.55. The fraction of sp³-hybridized carbons (Fsp3) is 0.167. The highest BCUT2D eigenvalue weighted by atomic mass is 14.0. The Bertz CT molecular complexity index is 226. The van der Waals surface area contributed by atoms with Crippen LogP contribution in [0.5, 0.6) is 0 Å². The second-order valence-corrected chi connectivity index (χ2v) is 2.38. The summed E-state index contributed by atoms with van der Waals surface area (Å²) in [5, 5.41) is 0. The van der Waals surface area contributed by atoms with Gasteiger partial charge in [0.15, 0.2) is 0 Å². The molecule has 0 bridgehead atoms. The van der Waals surface area contributed by atoms with E-state index in [4.69, 9.17) is 0 Å². The Balaban J connectivity index is 4.84. The van der Waals surface area contributed by atoms with Gasteiger partial charge in [-0.2, -0.15) is 0 Å². The van der Waals surface area contributed by atoms with Gasteiger partial charge in [0.05, 0.1) is 0 Å². The van der Waals surface area contributed by atoms with Crippen LogP contribution in [-0.2, 0) is 0 Å². The highest BCUT2D eigenvalue weighted by Crippen LogP contribution is 2.12. The van der Waals surface area contributed by atoms with Gasteiger partial charge in [0, 0.05) is 0 Å². The molecule has 0 aromatic rings. The average molecular weight is 160 g/mol. The fourth-order valence-corrected chi connectivity index (χ4v) is 0.960. The van der Waals surface area contributed by atoms with Gasteiger partial charge in [0.2, 0.25) is 0 Å². The van der Waals surface area contributed by atoms with Gasteiger partial charge in [0.1, 0.15) is 0 Å². The smallest absolute Gasteiger partial charge is 0.00944 e. The topological polar surface area (TPSA) is 0 Å². The van der Waals surface area contributed by atoms with Crippen molar-refractivity contribution in [3.8, 4) is 0 Å². The summed E-state index contributed by atoms with van der Waals surface area (Å²) in [6.07, 6.45) is 10.4. The minimum absolute atomic E-state index is 0.842. The SMILES string of the molecule is C=CC/C(C=C)=C(C=C)\C=C\C. The maximum absolute atomic E-state index is 3.74. The molecule has 0 aliphatic carbocycles. The molecule has 0 radical (unpaired) electrons. The third-order valence-electron chi connectivity index (χ3n) is 1.55. The van der Waals surface area contributed by atoms with Crippen LogP contribution < -0.4 is 0 Å². The van der Waals surface area contributed by atoms with Crippen molar-refractivity contribution in [1.82, 2.24) is 0 Å². The molecule has 0 heterocycles. The Morgan fingerprint density at radius 3 is 2.17 bits per heavy atom. The molecule has 0 atom stereocenters. The molecule has 64 valence electrons. The summed E-state index contributed by atoms with van der Waals surface area (Å²) in [5.74, 6) is 0. The van der Waals surface area contributed by atoms with Crippen LogP contribution in [0.15, 0.2) is 61.3 Å². The Kier molecular flexibility index (Phi) is 5.72. The molecule has 0 N–H and O–H groups in total. The predicted molar refractivity (Wildman–Crippen MR) is 57.0 cm³/mol. The molecule has 0 aromatic carbocycles. The van der Waals surface area contributed by atoms with Crippen LogP contribution >= 0.6 is 0 Å². The summed E-state index contributed by atoms with van der Waals surface area (Å²) in [5.41, 5.74) is 2.28. The predicted octanol–water partition coefficient (Wildman–Crippen LogP) is 3.81. The lowest BCUT2D eigenvalue weighted by atomic mass is 10.0. The zero-order valence-corrected chi connectivity index (χ0v) is 7.72. The van der Waals surface area contributed by atoms with Gasteiger partial charge in [-0.1, -0.05) is 43.5 Å². The van der Waals surface area contributed by atoms with E-state index in [1.165, 1.54) is 0 Å². The Morgan fingerprint density at radius 1 is 1.17 bits per heavy atom. The van der Waals surface area contributed by atoms with E-state index >= 15 is 0 Å². The molecule has 0 amide bonds. The lowest BCUT2D eigenvalue weighted by Crippen LogP contribution is -1.81. The van der Waals surface area contributed by atoms with Crippen LogP contribution in [0.1, 0.15) is 13.3 Å². The number of hydrogen-bond donors (Lipinski definition) is 0. The van der Waals surface area contributed by atoms with E-state index in [9.17, 15) is 0 Å². The summed E-state index contributed by atoms with van der Waals surface area (Å²) >= 11 is 0. The van der Waals surface area contributed by atoms with Crippen LogP contribution in [0.4, 0.5) is 0 Å². The molecule has 0 spiro atoms. The van der Waals surface area contributed by atoms with Crippen molar-refractivity contribution < 1.29 is 0 Å². The van der Waals surface area contributed by atoms with E-state index in [1.807, 2.05) is 37.3 Å². The average Bonchev–Trinajstić information content (AvgIpc) is 2.11. The van der Waals surface area contributed by atoms with E-state index in [0.717, 1.165) is 17.6 Å². The molecule has 0 saturated carbocycles. The van der Waals surface area contributed by atoms with Crippen molar-refractivity contribution in [3.63, 3.8) is 0 Å². The number of allylic oxidation sites excluding steroid dienone is 7. The summed E-state index contributed by atoms with van der Waals surface area (Å²) < 4.78 is 0. The fourth-order valence-electron chi connectivity index (χ4n) is 0.960. The van der Waals surface area contributed by atoms with Crippen molar-refractivity contribution in [3.05, 3.63) is 61.3 Å². The summed E-state index contributed by atoms with van der Waals surface area (Å²) in [6, 6.07) is 0. The van der Waals surface area contributed by atoms with E-state index in [0.29, 0.717) is 0 Å². The molecule has 0 heteroatoms. The van der Waals surface area contributed by atoms with Crippen LogP contribution in [0.3, 0.4) is 0 Å². The molecule has 0 unspecified atom stereocenters. The number of rotatable bonds is 5. The monoisotopic (exact) mass is 160 g/mol. The van der Waals surface area contributed by atoms with E-state index in [2.05, 4.69) is 19.7 Å². The maximum Gasteiger partial charge on any atom is -0.00944 e. The van der Waals surface area contributed by atoms with Gasteiger partial charge in [-0.15, -0.1) is 6.58 Å². The molecule has 0 rings (SSSR count). The zero-order valence-electron chi connectivity index (χ0n) is 7.72. The van der Waals surface area contributed by atoms with E-state index < -0.39 is 0 Å². The molecule has 0 saturated heterocycles. The maximum atomic E-state index is 3.74. The van der Waals surface area contributed by atoms with Crippen molar-refractivity contribution >= 4 is 0 Å². The lowest BCUT2D eigenvalue weighted by molar-refractivity contribution is 1.27. The second kappa shape index (κ2) is 6.41. The molecule has 0 nitrogen and oxygen atoms in total. The zero-order chi connectivity index (χ0) is 9.40. The first-order chi connectivity index (χ1) is 5.79. The van der Waals surface area contributed by atoms with Crippen LogP contribution in [-0.4, -0.2) is 0 Å². The van der Waals surface area contributed by atoms with Gasteiger partial charge in [-0.25, -0.2) is 0 Å². The largest absolute Gasteiger partial charge is 0.103 e. The molecule has 0 aliphatic rings. The van der Waals surface area contributed by atoms with Gasteiger partial charge < -0.3 is 0 Å². The summed E-state index contributed by atoms with van der Waals surface area (Å²) in [4.78, 5) is 0. The van der Waals surface area contributed by atoms with Crippen LogP contribution in [0, 0.1) is 0 Å². The van der Waals surface area contributed by atoms with E-state index in [-0.39, 0.29) is 0 Å². The molecular formula is C12H16. The second-order valence-electron chi connectivity index (χ2n) is 2.38. The first-order valence-electron chi connectivity index (χ1n) is 4.01. The molecule has 0 fully saturated rings. The number of hydrogen-bond acceptors (Lipinski definition) is 0. The lowest BCUT2D eigenvalue weighted by Gasteiger charge is -2.01. The quantitative estimate of drug-likeness (QED) is 0.424. The van der Waals surface area contributed by atoms with Crippen molar-refractivity contribution in [2.45, 2.75) is 13.3 Å². The van der Waals surface area contributed by atoms with Crippen molar-refractivity contribution in [1.29, 1.82) is 0 Å². The minimum Gasteiger partial charge on any atom is -0.103 e. The van der Waals surface area contributed by atoms with Crippen molar-refractivity contribution in [2.75, 3.05) is 0 Å². The summed E-state index contributed by atoms with van der Waals surface area (Å²) in [6.45, 7) is 13.2. The Labute approximate surface area is 75.3 Å². The Morgan fingerprint density at radius 2 is 1.83 bits per heavy atom.